The van der Waals surface area contributed by atoms with Crippen LogP contribution in [0.4, 0.5) is 0 Å². The van der Waals surface area contributed by atoms with Gasteiger partial charge in [0.1, 0.15) is 23.9 Å². The van der Waals surface area contributed by atoms with Gasteiger partial charge < -0.3 is 32.6 Å². The SMILES string of the molecule is COC(=O)C[C@H]1O[C@@H]([C@@H](C)CC(=O)C[C@H](C)[C@@H](C=O)OCc2ccc(OC)cc2)[C@@H](O[Si](C)(C)C(C)(C)C)C[C@H]1O[Si](C)(C)C(C)(C)C. The van der Waals surface area contributed by atoms with Gasteiger partial charge in [-0.15, -0.1) is 0 Å². The molecule has 274 valence electrons. The zero-order chi connectivity index (χ0) is 36.7. The first-order valence-electron chi connectivity index (χ1n) is 17.3. The summed E-state index contributed by atoms with van der Waals surface area (Å²) in [4.78, 5) is 38.1. The van der Waals surface area contributed by atoms with Crippen LogP contribution in [-0.2, 0) is 44.1 Å². The maximum absolute atomic E-state index is 13.5. The lowest BCUT2D eigenvalue weighted by molar-refractivity contribution is -0.186. The number of carbonyl (C=O) groups excluding carboxylic acids is 3. The van der Waals surface area contributed by atoms with Crippen molar-refractivity contribution in [2.24, 2.45) is 11.8 Å². The van der Waals surface area contributed by atoms with Gasteiger partial charge in [-0.1, -0.05) is 67.5 Å². The maximum atomic E-state index is 13.5. The molecule has 0 saturated carbocycles. The number of ether oxygens (including phenoxy) is 4. The highest BCUT2D eigenvalue weighted by molar-refractivity contribution is 6.74. The van der Waals surface area contributed by atoms with Crippen LogP contribution in [0, 0.1) is 11.8 Å². The lowest BCUT2D eigenvalue weighted by atomic mass is 9.86. The highest BCUT2D eigenvalue weighted by atomic mass is 28.4. The number of ketones is 1. The molecule has 0 unspecified atom stereocenters. The van der Waals surface area contributed by atoms with Crippen molar-refractivity contribution < 1.29 is 42.2 Å². The Kier molecular flexibility index (Phi) is 15.3. The van der Waals surface area contributed by atoms with Gasteiger partial charge in [0.2, 0.25) is 0 Å². The predicted molar refractivity (Wildman–Crippen MR) is 194 cm³/mol. The summed E-state index contributed by atoms with van der Waals surface area (Å²) in [5.41, 5.74) is 0.911. The number of hydrogen-bond donors (Lipinski definition) is 0. The first-order chi connectivity index (χ1) is 22.0. The van der Waals surface area contributed by atoms with E-state index in [1.807, 2.05) is 38.1 Å². The minimum absolute atomic E-state index is 0.0220. The van der Waals surface area contributed by atoms with Crippen LogP contribution in [0.3, 0.4) is 0 Å². The van der Waals surface area contributed by atoms with Crippen molar-refractivity contribution in [2.45, 2.75) is 154 Å². The third-order valence-electron chi connectivity index (χ3n) is 10.6. The number of methoxy groups -OCH3 is 2. The molecule has 1 aliphatic rings. The molecule has 1 saturated heterocycles. The third-order valence-corrected chi connectivity index (χ3v) is 19.6. The Balaban J connectivity index is 2.26. The van der Waals surface area contributed by atoms with Gasteiger partial charge in [-0.3, -0.25) is 9.59 Å². The lowest BCUT2D eigenvalue weighted by Gasteiger charge is -2.50. The Morgan fingerprint density at radius 2 is 1.44 bits per heavy atom. The molecule has 11 heteroatoms. The highest BCUT2D eigenvalue weighted by Crippen LogP contribution is 2.44. The molecule has 0 aliphatic carbocycles. The van der Waals surface area contributed by atoms with Crippen LogP contribution in [0.5, 0.6) is 5.75 Å². The number of aldehydes is 1. The molecule has 0 aromatic heterocycles. The Hall–Kier alpha value is -1.90. The predicted octanol–water partition coefficient (Wildman–Crippen LogP) is 7.90. The summed E-state index contributed by atoms with van der Waals surface area (Å²) in [6.45, 7) is 26.2. The molecular weight excluding hydrogens is 645 g/mol. The van der Waals surface area contributed by atoms with Crippen molar-refractivity contribution in [1.29, 1.82) is 0 Å². The smallest absolute Gasteiger partial charge is 0.308 e. The van der Waals surface area contributed by atoms with Crippen molar-refractivity contribution in [2.75, 3.05) is 14.2 Å². The van der Waals surface area contributed by atoms with Gasteiger partial charge >= 0.3 is 5.97 Å². The molecule has 0 N–H and O–H groups in total. The van der Waals surface area contributed by atoms with Crippen molar-refractivity contribution >= 4 is 34.7 Å². The van der Waals surface area contributed by atoms with Gasteiger partial charge in [0, 0.05) is 19.3 Å². The minimum atomic E-state index is -2.26. The second kappa shape index (κ2) is 17.4. The summed E-state index contributed by atoms with van der Waals surface area (Å²) < 4.78 is 36.9. The van der Waals surface area contributed by atoms with Crippen LogP contribution in [0.2, 0.25) is 36.3 Å². The van der Waals surface area contributed by atoms with Crippen LogP contribution >= 0.6 is 0 Å². The van der Waals surface area contributed by atoms with Crippen LogP contribution < -0.4 is 4.74 Å². The fraction of sp³-hybridized carbons (Fsp3) is 0.757. The monoisotopic (exact) mass is 708 g/mol. The fourth-order valence-electron chi connectivity index (χ4n) is 5.46. The standard InChI is InChI=1S/C37H64O9Si2/c1-25(33(23-38)43-24-27-15-17-29(41-9)18-16-27)19-28(39)20-26(2)35-32(46-48(13,14)37(6,7)8)21-31(30(44-35)22-34(40)42-10)45-47(11,12)36(3,4)5/h15-18,23,25-26,30-33,35H,19-22,24H2,1-14H3/t25-,26-,30+,31+,32-,33+,35-/m0/s1. The first-order valence-corrected chi connectivity index (χ1v) is 23.2. The van der Waals surface area contributed by atoms with Crippen LogP contribution in [0.15, 0.2) is 24.3 Å². The molecule has 1 fully saturated rings. The molecule has 2 rings (SSSR count). The number of rotatable bonds is 17. The number of benzene rings is 1. The normalized spacial score (nSPS) is 22.8. The second-order valence-corrected chi connectivity index (χ2v) is 26.2. The van der Waals surface area contributed by atoms with E-state index in [0.29, 0.717) is 6.42 Å². The molecule has 1 aliphatic heterocycles. The van der Waals surface area contributed by atoms with Gasteiger partial charge in [0.25, 0.3) is 0 Å². The van der Waals surface area contributed by atoms with Crippen molar-refractivity contribution in [3.05, 3.63) is 29.8 Å². The molecule has 0 amide bonds. The number of hydrogen-bond acceptors (Lipinski definition) is 9. The summed E-state index contributed by atoms with van der Waals surface area (Å²) in [5, 5.41) is -0.0794. The zero-order valence-corrected chi connectivity index (χ0v) is 34.1. The molecule has 1 aromatic rings. The van der Waals surface area contributed by atoms with E-state index in [0.717, 1.165) is 17.6 Å². The van der Waals surface area contributed by atoms with E-state index in [4.69, 9.17) is 27.8 Å². The third kappa shape index (κ3) is 11.9. The average molecular weight is 709 g/mol. The van der Waals surface area contributed by atoms with E-state index in [1.54, 1.807) is 7.11 Å². The Morgan fingerprint density at radius 1 is 0.896 bits per heavy atom. The number of carbonyl (C=O) groups is 3. The summed E-state index contributed by atoms with van der Waals surface area (Å²) >= 11 is 0. The molecule has 0 bridgehead atoms. The summed E-state index contributed by atoms with van der Waals surface area (Å²) in [5.74, 6) is -0.107. The summed E-state index contributed by atoms with van der Waals surface area (Å²) in [6, 6.07) is 7.46. The van der Waals surface area contributed by atoms with Crippen LogP contribution in [-0.4, -0.2) is 79.4 Å². The van der Waals surface area contributed by atoms with E-state index in [2.05, 4.69) is 67.7 Å². The van der Waals surface area contributed by atoms with Crippen molar-refractivity contribution in [3.8, 4) is 5.75 Å². The van der Waals surface area contributed by atoms with Gasteiger partial charge in [-0.05, 0) is 65.8 Å². The maximum Gasteiger partial charge on any atom is 0.308 e. The second-order valence-electron chi connectivity index (χ2n) is 16.6. The molecule has 1 aromatic carbocycles. The molecular formula is C37H64O9Si2. The summed E-state index contributed by atoms with van der Waals surface area (Å²) in [7, 11) is -1.51. The molecule has 0 radical (unpaired) electrons. The van der Waals surface area contributed by atoms with E-state index in [9.17, 15) is 14.4 Å². The van der Waals surface area contributed by atoms with Gasteiger partial charge in [0.05, 0.1) is 51.7 Å². The van der Waals surface area contributed by atoms with Crippen molar-refractivity contribution in [1.82, 2.24) is 0 Å². The van der Waals surface area contributed by atoms with Gasteiger partial charge in [0.15, 0.2) is 16.6 Å². The molecule has 9 nitrogen and oxygen atoms in total. The fourth-order valence-corrected chi connectivity index (χ4v) is 8.15. The molecule has 48 heavy (non-hydrogen) atoms. The van der Waals surface area contributed by atoms with Crippen LogP contribution in [0.25, 0.3) is 0 Å². The molecule has 1 heterocycles. The molecule has 0 spiro atoms. The van der Waals surface area contributed by atoms with E-state index >= 15 is 0 Å². The Labute approximate surface area is 292 Å². The largest absolute Gasteiger partial charge is 0.497 e. The number of esters is 1. The van der Waals surface area contributed by atoms with E-state index in [1.165, 1.54) is 7.11 Å². The zero-order valence-electron chi connectivity index (χ0n) is 32.1. The van der Waals surface area contributed by atoms with Gasteiger partial charge in [-0.25, -0.2) is 0 Å². The van der Waals surface area contributed by atoms with Crippen molar-refractivity contribution in [3.63, 3.8) is 0 Å². The Morgan fingerprint density at radius 3 is 1.92 bits per heavy atom. The summed E-state index contributed by atoms with van der Waals surface area (Å²) in [6.07, 6.45) is -0.508. The van der Waals surface area contributed by atoms with Crippen LogP contribution in [0.1, 0.15) is 86.6 Å². The van der Waals surface area contributed by atoms with E-state index in [-0.39, 0.29) is 71.7 Å². The first kappa shape index (κ1) is 42.3. The average Bonchev–Trinajstić information content (AvgIpc) is 2.97. The quantitative estimate of drug-likeness (QED) is 0.0907. The number of Topliss-reactive ketones (excluding diaryl/α,β-unsaturated/α-hetero) is 1. The lowest BCUT2D eigenvalue weighted by Crippen LogP contribution is -2.59. The highest BCUT2D eigenvalue weighted by Gasteiger charge is 2.50. The molecule has 7 atom stereocenters. The van der Waals surface area contributed by atoms with E-state index < -0.39 is 34.9 Å². The minimum Gasteiger partial charge on any atom is -0.497 e. The van der Waals surface area contributed by atoms with Gasteiger partial charge in [-0.2, -0.15) is 0 Å². The Bertz CT molecular complexity index is 1190. The topological polar surface area (TPSA) is 107 Å².